The van der Waals surface area contributed by atoms with Crippen LogP contribution in [0.3, 0.4) is 0 Å². The molecule has 7 heteroatoms. The Morgan fingerprint density at radius 1 is 0.970 bits per heavy atom. The number of benzene rings is 2. The van der Waals surface area contributed by atoms with Gasteiger partial charge in [-0.25, -0.2) is 4.79 Å². The molecule has 1 amide bonds. The molecule has 0 aliphatic carbocycles. The largest absolute Gasteiger partial charge is 0.489 e. The molecule has 178 valence electrons. The molecule has 2 aromatic carbocycles. The number of aryl methyl sites for hydroxylation is 1. The maximum Gasteiger partial charge on any atom is 0.407 e. The third-order valence-corrected chi connectivity index (χ3v) is 4.99. The predicted molar refractivity (Wildman–Crippen MR) is 128 cm³/mol. The minimum absolute atomic E-state index is 0.155. The lowest BCUT2D eigenvalue weighted by Crippen LogP contribution is -2.32. The van der Waals surface area contributed by atoms with Gasteiger partial charge in [-0.15, -0.1) is 0 Å². The average molecular weight is 455 g/mol. The number of nitrogens with two attached hydrogens (primary N) is 1. The number of ether oxygens (including phenoxy) is 3. The number of rotatable bonds is 14. The van der Waals surface area contributed by atoms with E-state index in [9.17, 15) is 9.59 Å². The van der Waals surface area contributed by atoms with E-state index < -0.39 is 18.1 Å². The number of esters is 1. The van der Waals surface area contributed by atoms with Crippen LogP contribution >= 0.6 is 0 Å². The van der Waals surface area contributed by atoms with E-state index in [-0.39, 0.29) is 13.2 Å². The van der Waals surface area contributed by atoms with E-state index in [0.29, 0.717) is 32.4 Å². The van der Waals surface area contributed by atoms with Gasteiger partial charge in [0.1, 0.15) is 31.6 Å². The number of nitrogens with one attached hydrogen (secondary N) is 1. The van der Waals surface area contributed by atoms with Crippen LogP contribution in [0.15, 0.2) is 61.2 Å². The molecule has 1 atom stereocenters. The summed E-state index contributed by atoms with van der Waals surface area (Å²) in [6.07, 6.45) is 3.89. The summed E-state index contributed by atoms with van der Waals surface area (Å²) in [6.45, 7) is 6.88. The Bertz CT molecular complexity index is 865. The highest BCUT2D eigenvalue weighted by Crippen LogP contribution is 2.16. The highest BCUT2D eigenvalue weighted by atomic mass is 16.5. The quantitative estimate of drug-likeness (QED) is 0.251. The summed E-state index contributed by atoms with van der Waals surface area (Å²) in [5, 5.41) is 2.62. The first-order valence-corrected chi connectivity index (χ1v) is 11.2. The van der Waals surface area contributed by atoms with Gasteiger partial charge in [0.15, 0.2) is 0 Å². The minimum Gasteiger partial charge on any atom is -0.489 e. The molecule has 3 N–H and O–H groups in total. The molecule has 0 bridgehead atoms. The maximum atomic E-state index is 12.1. The third-order valence-electron chi connectivity index (χ3n) is 4.99. The van der Waals surface area contributed by atoms with Gasteiger partial charge in [0, 0.05) is 6.54 Å². The van der Waals surface area contributed by atoms with Crippen molar-refractivity contribution in [3.8, 4) is 5.75 Å². The molecule has 2 rings (SSSR count). The van der Waals surface area contributed by atoms with Crippen molar-refractivity contribution in [3.63, 3.8) is 0 Å². The van der Waals surface area contributed by atoms with E-state index in [4.69, 9.17) is 19.9 Å². The number of amides is 1. The van der Waals surface area contributed by atoms with Crippen LogP contribution in [0.2, 0.25) is 0 Å². The molecule has 0 spiro atoms. The van der Waals surface area contributed by atoms with Gasteiger partial charge in [0.25, 0.3) is 0 Å². The number of carbonyl (C=O) groups is 2. The lowest BCUT2D eigenvalue weighted by molar-refractivity contribution is -0.146. The second kappa shape index (κ2) is 14.7. The van der Waals surface area contributed by atoms with Gasteiger partial charge in [-0.3, -0.25) is 4.79 Å². The van der Waals surface area contributed by atoms with Gasteiger partial charge >= 0.3 is 12.1 Å². The molecule has 0 aromatic heterocycles. The second-order valence-corrected chi connectivity index (χ2v) is 7.63. The van der Waals surface area contributed by atoms with E-state index in [1.165, 1.54) is 11.6 Å². The summed E-state index contributed by atoms with van der Waals surface area (Å²) in [4.78, 5) is 23.4. The lowest BCUT2D eigenvalue weighted by atomic mass is 10.1. The van der Waals surface area contributed by atoms with E-state index in [1.54, 1.807) is 0 Å². The second-order valence-electron chi connectivity index (χ2n) is 7.63. The minimum atomic E-state index is -0.695. The highest BCUT2D eigenvalue weighted by Gasteiger charge is 2.15. The van der Waals surface area contributed by atoms with Crippen molar-refractivity contribution in [1.29, 1.82) is 0 Å². The molecule has 2 aromatic rings. The van der Waals surface area contributed by atoms with Crippen LogP contribution in [0, 0.1) is 0 Å². The monoisotopic (exact) mass is 454 g/mol. The molecule has 0 saturated heterocycles. The Balaban J connectivity index is 1.62. The normalized spacial score (nSPS) is 11.3. The van der Waals surface area contributed by atoms with Crippen molar-refractivity contribution in [3.05, 3.63) is 77.9 Å². The van der Waals surface area contributed by atoms with Crippen LogP contribution in [0.4, 0.5) is 4.79 Å². The number of hydrogen-bond acceptors (Lipinski definition) is 6. The molecule has 0 saturated carbocycles. The Morgan fingerprint density at radius 3 is 2.27 bits per heavy atom. The summed E-state index contributed by atoms with van der Waals surface area (Å²) in [6, 6.07) is 15.1. The van der Waals surface area contributed by atoms with Crippen molar-refractivity contribution >= 4 is 12.1 Å². The fourth-order valence-electron chi connectivity index (χ4n) is 2.96. The average Bonchev–Trinajstić information content (AvgIpc) is 2.85. The molecular weight excluding hydrogens is 420 g/mol. The van der Waals surface area contributed by atoms with Gasteiger partial charge in [-0.2, -0.15) is 0 Å². The van der Waals surface area contributed by atoms with Crippen LogP contribution in [0.25, 0.3) is 0 Å². The predicted octanol–water partition coefficient (Wildman–Crippen LogP) is 4.28. The third kappa shape index (κ3) is 10.2. The molecule has 0 aliphatic heterocycles. The van der Waals surface area contributed by atoms with Gasteiger partial charge < -0.3 is 25.3 Å². The van der Waals surface area contributed by atoms with Gasteiger partial charge in [-0.1, -0.05) is 56.0 Å². The zero-order valence-electron chi connectivity index (χ0n) is 19.3. The first-order valence-electron chi connectivity index (χ1n) is 11.2. The van der Waals surface area contributed by atoms with Crippen LogP contribution in [0.5, 0.6) is 5.75 Å². The first-order chi connectivity index (χ1) is 16.0. The summed E-state index contributed by atoms with van der Waals surface area (Å²) >= 11 is 0. The Hall–Kier alpha value is -3.32. The smallest absolute Gasteiger partial charge is 0.407 e. The van der Waals surface area contributed by atoms with Crippen molar-refractivity contribution in [2.75, 3.05) is 13.2 Å². The highest BCUT2D eigenvalue weighted by molar-refractivity contribution is 5.75. The molecule has 0 heterocycles. The molecule has 0 fully saturated rings. The van der Waals surface area contributed by atoms with Crippen LogP contribution < -0.4 is 15.8 Å². The van der Waals surface area contributed by atoms with Crippen molar-refractivity contribution in [1.82, 2.24) is 5.32 Å². The van der Waals surface area contributed by atoms with E-state index in [1.807, 2.05) is 24.3 Å². The van der Waals surface area contributed by atoms with Crippen molar-refractivity contribution in [2.45, 2.75) is 51.9 Å². The summed E-state index contributed by atoms with van der Waals surface area (Å²) < 4.78 is 15.9. The maximum absolute atomic E-state index is 12.1. The number of unbranched alkanes of at least 4 members (excludes halogenated alkanes) is 1. The molecule has 0 aliphatic rings. The van der Waals surface area contributed by atoms with E-state index in [2.05, 4.69) is 43.1 Å². The first kappa shape index (κ1) is 25.9. The summed E-state index contributed by atoms with van der Waals surface area (Å²) in [5.74, 6) is 0.313. The Kier molecular flexibility index (Phi) is 11.5. The standard InChI is InChI=1S/C26H34N2O5/c1-3-17-31-26(30)28-16-6-5-7-24(27)25(29)33-19-22-12-14-23(15-13-22)32-18-21-10-8-20(4-2)9-11-21/h3,8-15,24H,1,4-7,16-19,27H2,2H3,(H,28,30). The van der Waals surface area contributed by atoms with Crippen LogP contribution in [-0.2, 0) is 33.9 Å². The number of alkyl carbamates (subject to hydrolysis) is 1. The Labute approximate surface area is 195 Å². The molecule has 1 unspecified atom stereocenters. The molecular formula is C26H34N2O5. The zero-order valence-corrected chi connectivity index (χ0v) is 19.3. The molecule has 33 heavy (non-hydrogen) atoms. The van der Waals surface area contributed by atoms with Gasteiger partial charge in [-0.05, 0) is 54.5 Å². The summed E-state index contributed by atoms with van der Waals surface area (Å²) in [5.41, 5.74) is 9.18. The van der Waals surface area contributed by atoms with Gasteiger partial charge in [0.05, 0.1) is 0 Å². The van der Waals surface area contributed by atoms with Gasteiger partial charge in [0.2, 0.25) is 0 Å². The van der Waals surface area contributed by atoms with Crippen LogP contribution in [0.1, 0.15) is 42.9 Å². The van der Waals surface area contributed by atoms with Crippen molar-refractivity contribution < 1.29 is 23.8 Å². The zero-order chi connectivity index (χ0) is 23.9. The summed E-state index contributed by atoms with van der Waals surface area (Å²) in [7, 11) is 0. The Morgan fingerprint density at radius 2 is 1.61 bits per heavy atom. The van der Waals surface area contributed by atoms with E-state index >= 15 is 0 Å². The lowest BCUT2D eigenvalue weighted by Gasteiger charge is -2.12. The van der Waals surface area contributed by atoms with E-state index in [0.717, 1.165) is 23.3 Å². The topological polar surface area (TPSA) is 99.9 Å². The van der Waals surface area contributed by atoms with Crippen molar-refractivity contribution in [2.24, 2.45) is 5.73 Å². The molecule has 0 radical (unpaired) electrons. The van der Waals surface area contributed by atoms with Crippen LogP contribution in [-0.4, -0.2) is 31.3 Å². The SMILES string of the molecule is C=CCOC(=O)NCCCCC(N)C(=O)OCc1ccc(OCc2ccc(CC)cc2)cc1. The fourth-order valence-corrected chi connectivity index (χ4v) is 2.96. The number of carbonyl (C=O) groups excluding carboxylic acids is 2. The fraction of sp³-hybridized carbons (Fsp3) is 0.385. The molecule has 7 nitrogen and oxygen atoms in total. The number of hydrogen-bond donors (Lipinski definition) is 2.